The standard InChI is InChI=1S/C13H22N4O2/c1-10(12-8-14-16(3)9-12)15-11(2)13(18)17-4-6-19-7-5-17/h8-11,15H,4-7H2,1-3H3/t10-,11+/m1/s1. The molecule has 6 nitrogen and oxygen atoms in total. The Morgan fingerprint density at radius 2 is 2.11 bits per heavy atom. The largest absolute Gasteiger partial charge is 0.378 e. The molecule has 106 valence electrons. The van der Waals surface area contributed by atoms with E-state index in [0.717, 1.165) is 5.56 Å². The fourth-order valence-electron chi connectivity index (χ4n) is 2.26. The van der Waals surface area contributed by atoms with Crippen LogP contribution < -0.4 is 5.32 Å². The van der Waals surface area contributed by atoms with Gasteiger partial charge in [-0.1, -0.05) is 0 Å². The Kier molecular flexibility index (Phi) is 4.55. The Morgan fingerprint density at radius 3 is 2.68 bits per heavy atom. The molecule has 1 saturated heterocycles. The highest BCUT2D eigenvalue weighted by atomic mass is 16.5. The van der Waals surface area contributed by atoms with Crippen LogP contribution in [-0.2, 0) is 16.6 Å². The van der Waals surface area contributed by atoms with Crippen LogP contribution in [0.15, 0.2) is 12.4 Å². The number of morpholine rings is 1. The molecule has 2 atom stereocenters. The molecule has 1 N–H and O–H groups in total. The fraction of sp³-hybridized carbons (Fsp3) is 0.692. The number of carbonyl (C=O) groups is 1. The number of carbonyl (C=O) groups excluding carboxylic acids is 1. The lowest BCUT2D eigenvalue weighted by Gasteiger charge is -2.30. The van der Waals surface area contributed by atoms with Gasteiger partial charge in [-0.3, -0.25) is 14.8 Å². The highest BCUT2D eigenvalue weighted by Gasteiger charge is 2.23. The molecule has 2 rings (SSSR count). The van der Waals surface area contributed by atoms with E-state index >= 15 is 0 Å². The molecule has 0 radical (unpaired) electrons. The van der Waals surface area contributed by atoms with Gasteiger partial charge >= 0.3 is 0 Å². The second-order valence-electron chi connectivity index (χ2n) is 5.00. The number of rotatable bonds is 4. The Morgan fingerprint density at radius 1 is 1.42 bits per heavy atom. The van der Waals surface area contributed by atoms with Gasteiger partial charge in [-0.2, -0.15) is 5.10 Å². The van der Waals surface area contributed by atoms with Gasteiger partial charge in [0, 0.05) is 37.9 Å². The molecule has 6 heteroatoms. The van der Waals surface area contributed by atoms with Gasteiger partial charge in [0.2, 0.25) is 5.91 Å². The van der Waals surface area contributed by atoms with Crippen molar-refractivity contribution in [1.82, 2.24) is 20.0 Å². The average molecular weight is 266 g/mol. The molecule has 0 aromatic carbocycles. The zero-order valence-electron chi connectivity index (χ0n) is 11.8. The van der Waals surface area contributed by atoms with E-state index in [2.05, 4.69) is 10.4 Å². The minimum atomic E-state index is -0.201. The van der Waals surface area contributed by atoms with E-state index in [0.29, 0.717) is 26.3 Å². The molecule has 1 aliphatic heterocycles. The summed E-state index contributed by atoms with van der Waals surface area (Å²) in [7, 11) is 1.89. The van der Waals surface area contributed by atoms with E-state index in [4.69, 9.17) is 4.74 Å². The molecule has 0 saturated carbocycles. The molecule has 0 unspecified atom stereocenters. The van der Waals surface area contributed by atoms with Gasteiger partial charge in [0.05, 0.1) is 25.5 Å². The monoisotopic (exact) mass is 266 g/mol. The zero-order valence-corrected chi connectivity index (χ0v) is 11.8. The number of nitrogens with zero attached hydrogens (tertiary/aromatic N) is 3. The van der Waals surface area contributed by atoms with Gasteiger partial charge in [0.1, 0.15) is 0 Å². The normalized spacial score (nSPS) is 19.2. The fourth-order valence-corrected chi connectivity index (χ4v) is 2.26. The van der Waals surface area contributed by atoms with Crippen molar-refractivity contribution in [1.29, 1.82) is 0 Å². The first-order valence-corrected chi connectivity index (χ1v) is 6.69. The number of hydrogen-bond acceptors (Lipinski definition) is 4. The molecule has 1 aromatic rings. The van der Waals surface area contributed by atoms with E-state index in [9.17, 15) is 4.79 Å². The van der Waals surface area contributed by atoms with Gasteiger partial charge in [-0.25, -0.2) is 0 Å². The first kappa shape index (κ1) is 14.0. The Balaban J connectivity index is 1.89. The van der Waals surface area contributed by atoms with Crippen molar-refractivity contribution < 1.29 is 9.53 Å². The van der Waals surface area contributed by atoms with Crippen LogP contribution >= 0.6 is 0 Å². The van der Waals surface area contributed by atoms with Crippen molar-refractivity contribution in [2.75, 3.05) is 26.3 Å². The summed E-state index contributed by atoms with van der Waals surface area (Å²) in [6.45, 7) is 6.59. The quantitative estimate of drug-likeness (QED) is 0.852. The third kappa shape index (κ3) is 3.54. The number of nitrogens with one attached hydrogen (secondary N) is 1. The minimum Gasteiger partial charge on any atom is -0.378 e. The number of aryl methyl sites for hydroxylation is 1. The highest BCUT2D eigenvalue weighted by molar-refractivity contribution is 5.81. The summed E-state index contributed by atoms with van der Waals surface area (Å²) in [5, 5.41) is 7.47. The van der Waals surface area contributed by atoms with Crippen LogP contribution in [0.25, 0.3) is 0 Å². The molecule has 1 aliphatic rings. The maximum atomic E-state index is 12.3. The Labute approximate surface area is 113 Å². The van der Waals surface area contributed by atoms with Gasteiger partial charge < -0.3 is 9.64 Å². The molecule has 1 aromatic heterocycles. The van der Waals surface area contributed by atoms with E-state index in [-0.39, 0.29) is 18.0 Å². The van der Waals surface area contributed by atoms with Crippen LogP contribution in [0.2, 0.25) is 0 Å². The maximum Gasteiger partial charge on any atom is 0.239 e. The van der Waals surface area contributed by atoms with Crippen molar-refractivity contribution in [2.24, 2.45) is 7.05 Å². The summed E-state index contributed by atoms with van der Waals surface area (Å²) in [6, 6.07) is -0.0954. The molecule has 2 heterocycles. The van der Waals surface area contributed by atoms with Crippen molar-refractivity contribution >= 4 is 5.91 Å². The lowest BCUT2D eigenvalue weighted by atomic mass is 10.1. The summed E-state index contributed by atoms with van der Waals surface area (Å²) in [5.41, 5.74) is 1.09. The summed E-state index contributed by atoms with van der Waals surface area (Å²) in [6.07, 6.45) is 3.78. The molecule has 19 heavy (non-hydrogen) atoms. The second kappa shape index (κ2) is 6.16. The molecular formula is C13H22N4O2. The van der Waals surface area contributed by atoms with Crippen LogP contribution in [0.5, 0.6) is 0 Å². The predicted molar refractivity (Wildman–Crippen MR) is 71.6 cm³/mol. The highest BCUT2D eigenvalue weighted by Crippen LogP contribution is 2.12. The smallest absolute Gasteiger partial charge is 0.239 e. The topological polar surface area (TPSA) is 59.4 Å². The zero-order chi connectivity index (χ0) is 13.8. The number of amides is 1. The van der Waals surface area contributed by atoms with Crippen molar-refractivity contribution in [2.45, 2.75) is 25.9 Å². The lowest BCUT2D eigenvalue weighted by molar-refractivity contribution is -0.137. The summed E-state index contributed by atoms with van der Waals surface area (Å²) >= 11 is 0. The average Bonchev–Trinajstić information content (AvgIpc) is 2.85. The van der Waals surface area contributed by atoms with Gasteiger partial charge in [-0.15, -0.1) is 0 Å². The Hall–Kier alpha value is -1.40. The number of aromatic nitrogens is 2. The molecule has 1 fully saturated rings. The van der Waals surface area contributed by atoms with Gasteiger partial charge in [-0.05, 0) is 13.8 Å². The van der Waals surface area contributed by atoms with Crippen molar-refractivity contribution in [3.63, 3.8) is 0 Å². The minimum absolute atomic E-state index is 0.105. The lowest BCUT2D eigenvalue weighted by Crippen LogP contribution is -2.49. The van der Waals surface area contributed by atoms with Crippen LogP contribution in [0.1, 0.15) is 25.5 Å². The molecule has 0 aliphatic carbocycles. The van der Waals surface area contributed by atoms with Crippen LogP contribution in [-0.4, -0.2) is 52.9 Å². The van der Waals surface area contributed by atoms with Crippen molar-refractivity contribution in [3.05, 3.63) is 18.0 Å². The van der Waals surface area contributed by atoms with Gasteiger partial charge in [0.25, 0.3) is 0 Å². The third-order valence-electron chi connectivity index (χ3n) is 3.42. The van der Waals surface area contributed by atoms with E-state index in [1.807, 2.05) is 38.2 Å². The van der Waals surface area contributed by atoms with Crippen LogP contribution in [0.3, 0.4) is 0 Å². The van der Waals surface area contributed by atoms with Crippen molar-refractivity contribution in [3.8, 4) is 0 Å². The molecular weight excluding hydrogens is 244 g/mol. The third-order valence-corrected chi connectivity index (χ3v) is 3.42. The summed E-state index contributed by atoms with van der Waals surface area (Å²) < 4.78 is 7.02. The first-order chi connectivity index (χ1) is 9.08. The van der Waals surface area contributed by atoms with E-state index in [1.54, 1.807) is 4.68 Å². The molecule has 0 spiro atoms. The van der Waals surface area contributed by atoms with Crippen LogP contribution in [0.4, 0.5) is 0 Å². The number of hydrogen-bond donors (Lipinski definition) is 1. The SMILES string of the molecule is C[C@H](N[C@H](C)c1cnn(C)c1)C(=O)N1CCOCC1. The maximum absolute atomic E-state index is 12.3. The van der Waals surface area contributed by atoms with Gasteiger partial charge in [0.15, 0.2) is 0 Å². The van der Waals surface area contributed by atoms with E-state index < -0.39 is 0 Å². The second-order valence-corrected chi connectivity index (χ2v) is 5.00. The number of ether oxygens (including phenoxy) is 1. The summed E-state index contributed by atoms with van der Waals surface area (Å²) in [5.74, 6) is 0.138. The molecule has 0 bridgehead atoms. The molecule has 1 amide bonds. The van der Waals surface area contributed by atoms with E-state index in [1.165, 1.54) is 0 Å². The first-order valence-electron chi connectivity index (χ1n) is 6.69. The Bertz CT molecular complexity index is 426. The van der Waals surface area contributed by atoms with Crippen LogP contribution in [0, 0.1) is 0 Å². The summed E-state index contributed by atoms with van der Waals surface area (Å²) in [4.78, 5) is 14.1. The predicted octanol–water partition coefficient (Wildman–Crippen LogP) is 0.318.